The van der Waals surface area contributed by atoms with E-state index in [1.807, 2.05) is 6.92 Å². The van der Waals surface area contributed by atoms with Gasteiger partial charge in [-0.1, -0.05) is 20.8 Å². The number of amides is 1. The molecule has 15 heavy (non-hydrogen) atoms. The van der Waals surface area contributed by atoms with Crippen LogP contribution in [0.25, 0.3) is 0 Å². The fourth-order valence-corrected chi connectivity index (χ4v) is 3.75. The van der Waals surface area contributed by atoms with Crippen molar-refractivity contribution in [2.24, 2.45) is 17.3 Å². The van der Waals surface area contributed by atoms with E-state index in [1.54, 1.807) is 0 Å². The highest BCUT2D eigenvalue weighted by atomic mass is 16.1. The lowest BCUT2D eigenvalue weighted by atomic mass is 9.64. The minimum atomic E-state index is 0.0308. The summed E-state index contributed by atoms with van der Waals surface area (Å²) in [6.45, 7) is 8.84. The lowest BCUT2D eigenvalue weighted by Gasteiger charge is -2.48. The summed E-state index contributed by atoms with van der Waals surface area (Å²) in [6, 6.07) is 0. The highest BCUT2D eigenvalue weighted by Crippen LogP contribution is 2.61. The number of rotatable bonds is 2. The summed E-state index contributed by atoms with van der Waals surface area (Å²) in [5, 5.41) is 3.29. The normalized spacial score (nSPS) is 41.9. The Labute approximate surface area is 92.8 Å². The first-order valence-corrected chi connectivity index (χ1v) is 6.23. The molecule has 2 heteroatoms. The van der Waals surface area contributed by atoms with E-state index in [1.165, 1.54) is 19.3 Å². The van der Waals surface area contributed by atoms with Crippen molar-refractivity contribution < 1.29 is 4.79 Å². The van der Waals surface area contributed by atoms with Crippen LogP contribution in [0.4, 0.5) is 0 Å². The molecule has 2 bridgehead atoms. The highest BCUT2D eigenvalue weighted by molar-refractivity contribution is 5.76. The zero-order chi connectivity index (χ0) is 11.3. The molecule has 0 aromatic carbocycles. The Bertz CT molecular complexity index is 284. The predicted octanol–water partition coefficient (Wildman–Crippen LogP) is 2.73. The van der Waals surface area contributed by atoms with E-state index in [0.29, 0.717) is 12.3 Å². The van der Waals surface area contributed by atoms with Gasteiger partial charge in [0.1, 0.15) is 0 Å². The molecule has 86 valence electrons. The van der Waals surface area contributed by atoms with E-state index in [-0.39, 0.29) is 16.9 Å². The van der Waals surface area contributed by atoms with Crippen molar-refractivity contribution in [3.05, 3.63) is 0 Å². The number of fused-ring (bicyclic) bond motifs is 2. The summed E-state index contributed by atoms with van der Waals surface area (Å²) < 4.78 is 0. The molecule has 2 aliphatic carbocycles. The largest absolute Gasteiger partial charge is 0.350 e. The van der Waals surface area contributed by atoms with Crippen molar-refractivity contribution in [3.8, 4) is 0 Å². The van der Waals surface area contributed by atoms with Gasteiger partial charge in [-0.15, -0.1) is 0 Å². The van der Waals surface area contributed by atoms with Gasteiger partial charge in [0, 0.05) is 12.0 Å². The lowest BCUT2D eigenvalue weighted by molar-refractivity contribution is -0.125. The van der Waals surface area contributed by atoms with Gasteiger partial charge in [0.05, 0.1) is 0 Å². The minimum Gasteiger partial charge on any atom is -0.350 e. The van der Waals surface area contributed by atoms with Crippen molar-refractivity contribution in [1.29, 1.82) is 0 Å². The zero-order valence-corrected chi connectivity index (χ0v) is 10.4. The molecule has 0 aromatic rings. The number of carbonyl (C=O) groups is 1. The Morgan fingerprint density at radius 3 is 2.33 bits per heavy atom. The summed E-state index contributed by atoms with van der Waals surface area (Å²) in [5.74, 6) is 1.72. The third kappa shape index (κ3) is 1.33. The summed E-state index contributed by atoms with van der Waals surface area (Å²) in [4.78, 5) is 11.6. The van der Waals surface area contributed by atoms with E-state index in [9.17, 15) is 4.79 Å². The number of hydrogen-bond donors (Lipinski definition) is 1. The Hall–Kier alpha value is -0.530. The first-order chi connectivity index (χ1) is 6.91. The maximum absolute atomic E-state index is 11.6. The van der Waals surface area contributed by atoms with Gasteiger partial charge in [-0.2, -0.15) is 0 Å². The second-order valence-electron chi connectivity index (χ2n) is 6.03. The summed E-state index contributed by atoms with van der Waals surface area (Å²) >= 11 is 0. The van der Waals surface area contributed by atoms with E-state index < -0.39 is 0 Å². The lowest BCUT2D eigenvalue weighted by Crippen LogP contribution is -2.59. The number of carbonyl (C=O) groups excluding carboxylic acids is 1. The van der Waals surface area contributed by atoms with Gasteiger partial charge < -0.3 is 5.32 Å². The fraction of sp³-hybridized carbons (Fsp3) is 0.923. The Morgan fingerprint density at radius 1 is 1.27 bits per heavy atom. The molecule has 0 spiro atoms. The SMILES string of the molecule is CCC(=O)N[C@]1(C)[C@H]2CC[C@@H](C2)C1(C)C. The molecule has 2 aliphatic rings. The Kier molecular flexibility index (Phi) is 2.36. The minimum absolute atomic E-state index is 0.0308. The van der Waals surface area contributed by atoms with Crippen LogP contribution in [-0.2, 0) is 4.79 Å². The van der Waals surface area contributed by atoms with Gasteiger partial charge in [0.15, 0.2) is 0 Å². The molecule has 0 saturated heterocycles. The second-order valence-corrected chi connectivity index (χ2v) is 6.03. The molecule has 0 aliphatic heterocycles. The first-order valence-electron chi connectivity index (χ1n) is 6.23. The van der Waals surface area contributed by atoms with Crippen molar-refractivity contribution in [2.45, 2.75) is 58.9 Å². The van der Waals surface area contributed by atoms with Gasteiger partial charge in [-0.3, -0.25) is 4.79 Å². The standard InChI is InChI=1S/C13H23NO/c1-5-11(15)14-13(4)10-7-6-9(8-10)12(13,2)3/h9-10H,5-8H2,1-4H3,(H,14,15)/t9-,10-,13+/m0/s1. The molecule has 1 N–H and O–H groups in total. The molecule has 3 atom stereocenters. The molecule has 2 rings (SSSR count). The highest BCUT2D eigenvalue weighted by Gasteiger charge is 2.60. The van der Waals surface area contributed by atoms with Crippen LogP contribution < -0.4 is 5.32 Å². The molecule has 0 heterocycles. The molecule has 1 amide bonds. The Balaban J connectivity index is 2.23. The third-order valence-electron chi connectivity index (χ3n) is 5.33. The molecular formula is C13H23NO. The number of nitrogens with one attached hydrogen (secondary N) is 1. The zero-order valence-electron chi connectivity index (χ0n) is 10.4. The average Bonchev–Trinajstić information content (AvgIpc) is 2.70. The monoisotopic (exact) mass is 209 g/mol. The van der Waals surface area contributed by atoms with Crippen molar-refractivity contribution in [1.82, 2.24) is 5.32 Å². The molecule has 2 saturated carbocycles. The topological polar surface area (TPSA) is 29.1 Å². The van der Waals surface area contributed by atoms with E-state index in [4.69, 9.17) is 0 Å². The summed E-state index contributed by atoms with van der Waals surface area (Å²) in [5.41, 5.74) is 0.295. The van der Waals surface area contributed by atoms with Crippen LogP contribution in [0.15, 0.2) is 0 Å². The summed E-state index contributed by atoms with van der Waals surface area (Å²) in [6.07, 6.45) is 4.57. The van der Waals surface area contributed by atoms with E-state index >= 15 is 0 Å². The molecule has 0 aromatic heterocycles. The van der Waals surface area contributed by atoms with Gasteiger partial charge in [0.25, 0.3) is 0 Å². The smallest absolute Gasteiger partial charge is 0.220 e. The van der Waals surface area contributed by atoms with Crippen LogP contribution in [0, 0.1) is 17.3 Å². The van der Waals surface area contributed by atoms with E-state index in [0.717, 1.165) is 5.92 Å². The van der Waals surface area contributed by atoms with Crippen LogP contribution in [0.2, 0.25) is 0 Å². The maximum Gasteiger partial charge on any atom is 0.220 e. The molecule has 2 nitrogen and oxygen atoms in total. The maximum atomic E-state index is 11.6. The van der Waals surface area contributed by atoms with Crippen molar-refractivity contribution in [2.75, 3.05) is 0 Å². The fourth-order valence-electron chi connectivity index (χ4n) is 3.75. The van der Waals surface area contributed by atoms with Crippen LogP contribution in [0.5, 0.6) is 0 Å². The quantitative estimate of drug-likeness (QED) is 0.744. The van der Waals surface area contributed by atoms with Gasteiger partial charge >= 0.3 is 0 Å². The molecular weight excluding hydrogens is 186 g/mol. The average molecular weight is 209 g/mol. The van der Waals surface area contributed by atoms with Gasteiger partial charge in [-0.05, 0) is 43.4 Å². The van der Waals surface area contributed by atoms with Gasteiger partial charge in [-0.25, -0.2) is 0 Å². The van der Waals surface area contributed by atoms with Crippen molar-refractivity contribution >= 4 is 5.91 Å². The van der Waals surface area contributed by atoms with Crippen LogP contribution in [-0.4, -0.2) is 11.4 Å². The summed E-state index contributed by atoms with van der Waals surface area (Å²) in [7, 11) is 0. The van der Waals surface area contributed by atoms with Crippen LogP contribution in [0.1, 0.15) is 53.4 Å². The molecule has 2 fully saturated rings. The second kappa shape index (κ2) is 3.23. The van der Waals surface area contributed by atoms with Crippen LogP contribution >= 0.6 is 0 Å². The number of hydrogen-bond acceptors (Lipinski definition) is 1. The van der Waals surface area contributed by atoms with E-state index in [2.05, 4.69) is 26.1 Å². The van der Waals surface area contributed by atoms with Gasteiger partial charge in [0.2, 0.25) is 5.91 Å². The predicted molar refractivity (Wildman–Crippen MR) is 61.5 cm³/mol. The Morgan fingerprint density at radius 2 is 1.87 bits per heavy atom. The van der Waals surface area contributed by atoms with Crippen molar-refractivity contribution in [3.63, 3.8) is 0 Å². The first kappa shape index (κ1) is 11.0. The van der Waals surface area contributed by atoms with Crippen LogP contribution in [0.3, 0.4) is 0 Å². The molecule has 0 radical (unpaired) electrons. The third-order valence-corrected chi connectivity index (χ3v) is 5.33. The molecule has 0 unspecified atom stereocenters.